The molecule has 1 fully saturated rings. The second-order valence-electron chi connectivity index (χ2n) is 6.10. The molecule has 0 saturated carbocycles. The van der Waals surface area contributed by atoms with Crippen molar-refractivity contribution in [3.05, 3.63) is 33.6 Å². The molecule has 0 N–H and O–H groups in total. The molecule has 2 aromatic rings. The number of rotatable bonds is 4. The van der Waals surface area contributed by atoms with Crippen molar-refractivity contribution in [2.24, 2.45) is 0 Å². The maximum absolute atomic E-state index is 5.55. The second kappa shape index (κ2) is 6.80. The van der Waals surface area contributed by atoms with Crippen LogP contribution in [0.2, 0.25) is 0 Å². The summed E-state index contributed by atoms with van der Waals surface area (Å²) in [6.07, 6.45) is 4.02. The monoisotopic (exact) mass is 316 g/mol. The summed E-state index contributed by atoms with van der Waals surface area (Å²) in [6.45, 7) is 7.66. The normalized spacial score (nSPS) is 16.0. The number of thiazole rings is 1. The van der Waals surface area contributed by atoms with Crippen molar-refractivity contribution in [3.8, 4) is 17.0 Å². The van der Waals surface area contributed by atoms with Crippen LogP contribution in [0.4, 0.5) is 0 Å². The van der Waals surface area contributed by atoms with Crippen molar-refractivity contribution in [1.29, 1.82) is 0 Å². The summed E-state index contributed by atoms with van der Waals surface area (Å²) >= 11 is 1.76. The summed E-state index contributed by atoms with van der Waals surface area (Å²) in [4.78, 5) is 7.37. The molecule has 3 rings (SSSR count). The molecule has 1 saturated heterocycles. The summed E-state index contributed by atoms with van der Waals surface area (Å²) in [5.74, 6) is 0.915. The Bertz CT molecular complexity index is 645. The van der Waals surface area contributed by atoms with Crippen LogP contribution in [0.15, 0.2) is 17.5 Å². The van der Waals surface area contributed by atoms with Crippen molar-refractivity contribution in [1.82, 2.24) is 9.88 Å². The van der Waals surface area contributed by atoms with E-state index in [1.54, 1.807) is 18.4 Å². The molecular weight excluding hydrogens is 292 g/mol. The Balaban J connectivity index is 1.82. The van der Waals surface area contributed by atoms with Gasteiger partial charge in [-0.3, -0.25) is 4.90 Å². The van der Waals surface area contributed by atoms with Crippen LogP contribution in [0.3, 0.4) is 0 Å². The first-order valence-corrected chi connectivity index (χ1v) is 8.87. The number of piperidine rings is 1. The highest BCUT2D eigenvalue weighted by Gasteiger charge is 2.15. The van der Waals surface area contributed by atoms with E-state index in [9.17, 15) is 0 Å². The van der Waals surface area contributed by atoms with Crippen LogP contribution in [-0.4, -0.2) is 30.1 Å². The van der Waals surface area contributed by atoms with Crippen LogP contribution in [0, 0.1) is 13.8 Å². The van der Waals surface area contributed by atoms with E-state index in [-0.39, 0.29) is 0 Å². The topological polar surface area (TPSA) is 25.4 Å². The number of hydrogen-bond acceptors (Lipinski definition) is 4. The smallest absolute Gasteiger partial charge is 0.128 e. The second-order valence-corrected chi connectivity index (χ2v) is 7.04. The highest BCUT2D eigenvalue weighted by molar-refractivity contribution is 7.09. The van der Waals surface area contributed by atoms with Crippen molar-refractivity contribution in [3.63, 3.8) is 0 Å². The summed E-state index contributed by atoms with van der Waals surface area (Å²) in [7, 11) is 1.73. The Morgan fingerprint density at radius 2 is 1.86 bits per heavy atom. The molecule has 4 heteroatoms. The van der Waals surface area contributed by atoms with Crippen LogP contribution in [0.1, 0.15) is 35.4 Å². The molecule has 0 bridgehead atoms. The fraction of sp³-hybridized carbons (Fsp3) is 0.500. The van der Waals surface area contributed by atoms with Crippen LogP contribution in [-0.2, 0) is 6.54 Å². The van der Waals surface area contributed by atoms with E-state index >= 15 is 0 Å². The molecule has 2 heterocycles. The number of aromatic nitrogens is 1. The third-order valence-corrected chi connectivity index (χ3v) is 5.28. The van der Waals surface area contributed by atoms with Crippen LogP contribution >= 0.6 is 11.3 Å². The predicted molar refractivity (Wildman–Crippen MR) is 92.7 cm³/mol. The van der Waals surface area contributed by atoms with Gasteiger partial charge in [-0.2, -0.15) is 0 Å². The minimum atomic E-state index is 0.915. The van der Waals surface area contributed by atoms with Crippen molar-refractivity contribution in [2.45, 2.75) is 39.7 Å². The number of hydrogen-bond donors (Lipinski definition) is 0. The fourth-order valence-electron chi connectivity index (χ4n) is 2.97. The molecule has 1 aliphatic heterocycles. The van der Waals surface area contributed by atoms with E-state index in [0.717, 1.165) is 23.6 Å². The number of benzene rings is 1. The van der Waals surface area contributed by atoms with Crippen LogP contribution in [0.5, 0.6) is 5.75 Å². The van der Waals surface area contributed by atoms with Gasteiger partial charge in [0.1, 0.15) is 10.8 Å². The van der Waals surface area contributed by atoms with Crippen molar-refractivity contribution < 1.29 is 4.74 Å². The van der Waals surface area contributed by atoms with Gasteiger partial charge in [0.05, 0.1) is 19.3 Å². The number of aryl methyl sites for hydroxylation is 2. The quantitative estimate of drug-likeness (QED) is 0.835. The first-order valence-electron chi connectivity index (χ1n) is 8.00. The molecule has 0 spiro atoms. The first-order chi connectivity index (χ1) is 10.7. The molecule has 0 radical (unpaired) electrons. The lowest BCUT2D eigenvalue weighted by Crippen LogP contribution is -2.28. The zero-order valence-corrected chi connectivity index (χ0v) is 14.5. The molecule has 1 aromatic carbocycles. The molecule has 0 amide bonds. The molecule has 1 aromatic heterocycles. The minimum Gasteiger partial charge on any atom is -0.496 e. The van der Waals surface area contributed by atoms with Gasteiger partial charge >= 0.3 is 0 Å². The fourth-order valence-corrected chi connectivity index (χ4v) is 3.81. The third kappa shape index (κ3) is 3.33. The van der Waals surface area contributed by atoms with Gasteiger partial charge in [0, 0.05) is 10.9 Å². The number of likely N-dealkylation sites (tertiary alicyclic amines) is 1. The average Bonchev–Trinajstić information content (AvgIpc) is 2.99. The number of methoxy groups -OCH3 is 1. The first kappa shape index (κ1) is 15.5. The molecule has 0 unspecified atom stereocenters. The van der Waals surface area contributed by atoms with E-state index in [0.29, 0.717) is 0 Å². The summed E-state index contributed by atoms with van der Waals surface area (Å²) < 4.78 is 5.55. The lowest BCUT2D eigenvalue weighted by atomic mass is 10.0. The Labute approximate surface area is 137 Å². The van der Waals surface area contributed by atoms with Gasteiger partial charge in [0.2, 0.25) is 0 Å². The third-order valence-electron chi connectivity index (χ3n) is 4.45. The summed E-state index contributed by atoms with van der Waals surface area (Å²) in [5, 5.41) is 3.36. The number of nitrogens with zero attached hydrogens (tertiary/aromatic N) is 2. The molecule has 0 aliphatic carbocycles. The van der Waals surface area contributed by atoms with Crippen molar-refractivity contribution >= 4 is 11.3 Å². The predicted octanol–water partition coefficient (Wildman–Crippen LogP) is 4.42. The Kier molecular flexibility index (Phi) is 4.79. The highest BCUT2D eigenvalue weighted by Crippen LogP contribution is 2.33. The van der Waals surface area contributed by atoms with E-state index in [1.165, 1.54) is 48.5 Å². The van der Waals surface area contributed by atoms with Gasteiger partial charge in [0.25, 0.3) is 0 Å². The van der Waals surface area contributed by atoms with Crippen LogP contribution in [0.25, 0.3) is 11.3 Å². The zero-order valence-electron chi connectivity index (χ0n) is 13.7. The molecule has 3 nitrogen and oxygen atoms in total. The van der Waals surface area contributed by atoms with Gasteiger partial charge in [-0.25, -0.2) is 4.98 Å². The maximum atomic E-state index is 5.55. The standard InChI is InChI=1S/C18H24N2OS/c1-13-9-15(17(21-3)10-14(13)2)16-12-22-18(19-16)11-20-7-5-4-6-8-20/h9-10,12H,4-8,11H2,1-3H3. The van der Waals surface area contributed by atoms with Gasteiger partial charge in [-0.05, 0) is 63.0 Å². The molecular formula is C18H24N2OS. The van der Waals surface area contributed by atoms with Gasteiger partial charge in [-0.15, -0.1) is 11.3 Å². The van der Waals surface area contributed by atoms with Gasteiger partial charge in [-0.1, -0.05) is 6.42 Å². The average molecular weight is 316 g/mol. The number of ether oxygens (including phenoxy) is 1. The lowest BCUT2D eigenvalue weighted by molar-refractivity contribution is 0.220. The lowest BCUT2D eigenvalue weighted by Gasteiger charge is -2.25. The Hall–Kier alpha value is -1.39. The Morgan fingerprint density at radius 3 is 2.59 bits per heavy atom. The van der Waals surface area contributed by atoms with Crippen LogP contribution < -0.4 is 4.74 Å². The minimum absolute atomic E-state index is 0.915. The molecule has 1 aliphatic rings. The molecule has 118 valence electrons. The van der Waals surface area contributed by atoms with E-state index in [1.807, 2.05) is 0 Å². The maximum Gasteiger partial charge on any atom is 0.128 e. The van der Waals surface area contributed by atoms with Gasteiger partial charge < -0.3 is 4.74 Å². The van der Waals surface area contributed by atoms with E-state index in [4.69, 9.17) is 9.72 Å². The molecule has 22 heavy (non-hydrogen) atoms. The summed E-state index contributed by atoms with van der Waals surface area (Å²) in [6, 6.07) is 4.29. The molecule has 0 atom stereocenters. The van der Waals surface area contributed by atoms with Crippen molar-refractivity contribution in [2.75, 3.05) is 20.2 Å². The zero-order chi connectivity index (χ0) is 15.5. The largest absolute Gasteiger partial charge is 0.496 e. The van der Waals surface area contributed by atoms with E-state index in [2.05, 4.69) is 36.3 Å². The summed E-state index contributed by atoms with van der Waals surface area (Å²) in [5.41, 5.74) is 4.68. The SMILES string of the molecule is COc1cc(C)c(C)cc1-c1csc(CN2CCCCC2)n1. The highest BCUT2D eigenvalue weighted by atomic mass is 32.1. The van der Waals surface area contributed by atoms with E-state index < -0.39 is 0 Å². The Morgan fingerprint density at radius 1 is 1.14 bits per heavy atom. The van der Waals surface area contributed by atoms with Gasteiger partial charge in [0.15, 0.2) is 0 Å².